The average molecular weight is 284 g/mol. The molecule has 2 aliphatic rings. The Hall–Kier alpha value is -0.650. The second-order valence-corrected chi connectivity index (χ2v) is 6.03. The van der Waals surface area contributed by atoms with Gasteiger partial charge < -0.3 is 19.6 Å². The fourth-order valence-electron chi connectivity index (χ4n) is 3.32. The predicted molar refractivity (Wildman–Crippen MR) is 77.9 cm³/mol. The van der Waals surface area contributed by atoms with Crippen LogP contribution in [0.1, 0.15) is 32.6 Å². The number of carboxylic acids is 1. The van der Waals surface area contributed by atoms with Crippen LogP contribution in [0.25, 0.3) is 0 Å². The molecule has 0 aromatic rings. The Kier molecular flexibility index (Phi) is 6.26. The van der Waals surface area contributed by atoms with Crippen LogP contribution in [0.15, 0.2) is 0 Å². The van der Waals surface area contributed by atoms with Gasteiger partial charge in [0.1, 0.15) is 0 Å². The van der Waals surface area contributed by atoms with Gasteiger partial charge in [0.25, 0.3) is 0 Å². The number of nitrogens with zero attached hydrogens (tertiary/aromatic N) is 2. The van der Waals surface area contributed by atoms with Gasteiger partial charge in [0.2, 0.25) is 0 Å². The van der Waals surface area contributed by atoms with Gasteiger partial charge in [-0.25, -0.2) is 4.79 Å². The molecule has 2 aliphatic heterocycles. The topological polar surface area (TPSA) is 53.0 Å². The summed E-state index contributed by atoms with van der Waals surface area (Å²) in [5.74, 6) is -0.0502. The van der Waals surface area contributed by atoms with E-state index in [0.717, 1.165) is 19.0 Å². The molecule has 0 amide bonds. The zero-order valence-corrected chi connectivity index (χ0v) is 12.6. The SMILES string of the molecule is CCOC(CN1CCC(CN2CCCC2)CC1)C(=O)O. The fourth-order valence-corrected chi connectivity index (χ4v) is 3.32. The Labute approximate surface area is 121 Å². The Morgan fingerprint density at radius 2 is 1.85 bits per heavy atom. The molecule has 1 atom stereocenters. The van der Waals surface area contributed by atoms with Crippen LogP contribution in [-0.4, -0.2) is 72.9 Å². The van der Waals surface area contributed by atoms with Crippen LogP contribution in [0.2, 0.25) is 0 Å². The second-order valence-electron chi connectivity index (χ2n) is 6.03. The first-order valence-electron chi connectivity index (χ1n) is 7.98. The van der Waals surface area contributed by atoms with Gasteiger partial charge in [0.05, 0.1) is 0 Å². The maximum Gasteiger partial charge on any atom is 0.334 e. The lowest BCUT2D eigenvalue weighted by atomic mass is 9.96. The summed E-state index contributed by atoms with van der Waals surface area (Å²) in [6.45, 7) is 8.63. The van der Waals surface area contributed by atoms with E-state index in [1.54, 1.807) is 0 Å². The van der Waals surface area contributed by atoms with Crippen molar-refractivity contribution >= 4 is 5.97 Å². The predicted octanol–water partition coefficient (Wildman–Crippen LogP) is 1.28. The summed E-state index contributed by atoms with van der Waals surface area (Å²) < 4.78 is 5.29. The molecular weight excluding hydrogens is 256 g/mol. The van der Waals surface area contributed by atoms with E-state index in [0.29, 0.717) is 13.2 Å². The molecule has 0 radical (unpaired) electrons. The van der Waals surface area contributed by atoms with Crippen molar-refractivity contribution in [3.8, 4) is 0 Å². The molecule has 116 valence electrons. The molecule has 0 aromatic carbocycles. The van der Waals surface area contributed by atoms with Crippen LogP contribution >= 0.6 is 0 Å². The standard InChI is InChI=1S/C15H28N2O3/c1-2-20-14(15(18)19)12-17-9-5-13(6-10-17)11-16-7-3-4-8-16/h13-14H,2-12H2,1H3,(H,18,19). The molecule has 5 nitrogen and oxygen atoms in total. The number of ether oxygens (including phenoxy) is 1. The van der Waals surface area contributed by atoms with E-state index in [2.05, 4.69) is 9.80 Å². The number of carboxylic acid groups (broad SMARTS) is 1. The van der Waals surface area contributed by atoms with Crippen molar-refractivity contribution in [3.63, 3.8) is 0 Å². The number of hydrogen-bond donors (Lipinski definition) is 1. The normalized spacial score (nSPS) is 24.1. The summed E-state index contributed by atoms with van der Waals surface area (Å²) in [4.78, 5) is 15.9. The van der Waals surface area contributed by atoms with E-state index in [1.165, 1.54) is 45.3 Å². The Balaban J connectivity index is 1.68. The molecule has 0 aliphatic carbocycles. The highest BCUT2D eigenvalue weighted by molar-refractivity contribution is 5.72. The zero-order valence-electron chi connectivity index (χ0n) is 12.6. The minimum absolute atomic E-state index is 0.461. The van der Waals surface area contributed by atoms with Gasteiger partial charge in [-0.3, -0.25) is 0 Å². The molecule has 0 saturated carbocycles. The summed E-state index contributed by atoms with van der Waals surface area (Å²) in [7, 11) is 0. The molecular formula is C15H28N2O3. The number of rotatable bonds is 7. The van der Waals surface area contributed by atoms with Crippen molar-refractivity contribution < 1.29 is 14.6 Å². The van der Waals surface area contributed by atoms with E-state index >= 15 is 0 Å². The first-order valence-corrected chi connectivity index (χ1v) is 7.98. The molecule has 0 spiro atoms. The lowest BCUT2D eigenvalue weighted by Crippen LogP contribution is -2.44. The highest BCUT2D eigenvalue weighted by atomic mass is 16.5. The lowest BCUT2D eigenvalue weighted by molar-refractivity contribution is -0.151. The van der Waals surface area contributed by atoms with Crippen LogP contribution in [0.4, 0.5) is 0 Å². The third-order valence-electron chi connectivity index (χ3n) is 4.49. The van der Waals surface area contributed by atoms with Crippen molar-refractivity contribution in [2.75, 3.05) is 45.9 Å². The van der Waals surface area contributed by atoms with E-state index in [9.17, 15) is 4.79 Å². The Morgan fingerprint density at radius 1 is 1.20 bits per heavy atom. The monoisotopic (exact) mass is 284 g/mol. The summed E-state index contributed by atoms with van der Waals surface area (Å²) in [5, 5.41) is 9.12. The van der Waals surface area contributed by atoms with E-state index in [1.807, 2.05) is 6.92 Å². The van der Waals surface area contributed by atoms with Crippen molar-refractivity contribution in [2.45, 2.75) is 38.7 Å². The quantitative estimate of drug-likeness (QED) is 0.763. The summed E-state index contributed by atoms with van der Waals surface area (Å²) in [5.41, 5.74) is 0. The molecule has 1 unspecified atom stereocenters. The molecule has 2 fully saturated rings. The summed E-state index contributed by atoms with van der Waals surface area (Å²) in [6.07, 6.45) is 4.42. The van der Waals surface area contributed by atoms with Crippen molar-refractivity contribution in [3.05, 3.63) is 0 Å². The van der Waals surface area contributed by atoms with Crippen LogP contribution in [-0.2, 0) is 9.53 Å². The largest absolute Gasteiger partial charge is 0.479 e. The molecule has 20 heavy (non-hydrogen) atoms. The molecule has 2 rings (SSSR count). The maximum absolute atomic E-state index is 11.1. The highest BCUT2D eigenvalue weighted by Crippen LogP contribution is 2.21. The van der Waals surface area contributed by atoms with Gasteiger partial charge >= 0.3 is 5.97 Å². The maximum atomic E-state index is 11.1. The van der Waals surface area contributed by atoms with Crippen molar-refractivity contribution in [1.29, 1.82) is 0 Å². The van der Waals surface area contributed by atoms with Crippen LogP contribution < -0.4 is 0 Å². The van der Waals surface area contributed by atoms with Gasteiger partial charge in [-0.15, -0.1) is 0 Å². The van der Waals surface area contributed by atoms with E-state index in [4.69, 9.17) is 9.84 Å². The van der Waals surface area contributed by atoms with Crippen LogP contribution in [0.5, 0.6) is 0 Å². The average Bonchev–Trinajstić information content (AvgIpc) is 2.93. The lowest BCUT2D eigenvalue weighted by Gasteiger charge is -2.34. The van der Waals surface area contributed by atoms with Crippen molar-refractivity contribution in [1.82, 2.24) is 9.80 Å². The first kappa shape index (κ1) is 15.7. The van der Waals surface area contributed by atoms with E-state index < -0.39 is 12.1 Å². The first-order chi connectivity index (χ1) is 9.69. The number of aliphatic carboxylic acids is 1. The molecule has 5 heteroatoms. The number of likely N-dealkylation sites (tertiary alicyclic amines) is 2. The summed E-state index contributed by atoms with van der Waals surface area (Å²) >= 11 is 0. The third-order valence-corrected chi connectivity index (χ3v) is 4.49. The summed E-state index contributed by atoms with van der Waals surface area (Å²) in [6, 6.07) is 0. The minimum Gasteiger partial charge on any atom is -0.479 e. The van der Waals surface area contributed by atoms with Crippen LogP contribution in [0, 0.1) is 5.92 Å². The highest BCUT2D eigenvalue weighted by Gasteiger charge is 2.26. The van der Waals surface area contributed by atoms with Gasteiger partial charge in [-0.1, -0.05) is 0 Å². The molecule has 0 aromatic heterocycles. The third kappa shape index (κ3) is 4.72. The fraction of sp³-hybridized carbons (Fsp3) is 0.933. The number of piperidine rings is 1. The number of carbonyl (C=O) groups is 1. The number of hydrogen-bond acceptors (Lipinski definition) is 4. The Morgan fingerprint density at radius 3 is 2.40 bits per heavy atom. The van der Waals surface area contributed by atoms with Gasteiger partial charge in [0, 0.05) is 19.7 Å². The van der Waals surface area contributed by atoms with Crippen molar-refractivity contribution in [2.24, 2.45) is 5.92 Å². The zero-order chi connectivity index (χ0) is 14.4. The molecule has 2 heterocycles. The van der Waals surface area contributed by atoms with E-state index in [-0.39, 0.29) is 0 Å². The smallest absolute Gasteiger partial charge is 0.334 e. The molecule has 1 N–H and O–H groups in total. The van der Waals surface area contributed by atoms with Gasteiger partial charge in [-0.2, -0.15) is 0 Å². The molecule has 0 bridgehead atoms. The second kappa shape index (κ2) is 7.96. The Bertz CT molecular complexity index is 297. The van der Waals surface area contributed by atoms with Gasteiger partial charge in [0.15, 0.2) is 6.10 Å². The minimum atomic E-state index is -0.842. The van der Waals surface area contributed by atoms with Crippen LogP contribution in [0.3, 0.4) is 0 Å². The molecule has 2 saturated heterocycles. The van der Waals surface area contributed by atoms with Gasteiger partial charge in [-0.05, 0) is 64.7 Å².